The first kappa shape index (κ1) is 80.8. The van der Waals surface area contributed by atoms with E-state index in [1.165, 1.54) is 0 Å². The molecule has 27 nitrogen and oxygen atoms in total. The molecule has 84 heavy (non-hydrogen) atoms. The molecule has 0 radical (unpaired) electrons. The van der Waals surface area contributed by atoms with Gasteiger partial charge in [-0.05, 0) is 6.42 Å². The molecule has 0 atom stereocenters. The Hall–Kier alpha value is -3.21. The van der Waals surface area contributed by atoms with Crippen LogP contribution in [0.15, 0.2) is 38.0 Å². The Balaban J connectivity index is 4.20. The Labute approximate surface area is 498 Å². The van der Waals surface area contributed by atoms with Gasteiger partial charge in [0.05, 0.1) is 277 Å². The van der Waals surface area contributed by atoms with Crippen molar-refractivity contribution in [1.29, 1.82) is 0 Å². The van der Waals surface area contributed by atoms with E-state index in [9.17, 15) is 14.4 Å². The van der Waals surface area contributed by atoms with Crippen molar-refractivity contribution >= 4 is 17.9 Å². The average Bonchev–Trinajstić information content (AvgIpc) is 3.59. The van der Waals surface area contributed by atoms with Gasteiger partial charge in [0.2, 0.25) is 0 Å². The van der Waals surface area contributed by atoms with Crippen molar-refractivity contribution in [2.24, 2.45) is 5.41 Å². The van der Waals surface area contributed by atoms with Crippen molar-refractivity contribution in [2.45, 2.75) is 13.3 Å². The van der Waals surface area contributed by atoms with Crippen molar-refractivity contribution in [3.8, 4) is 0 Å². The summed E-state index contributed by atoms with van der Waals surface area (Å²) < 4.78 is 132. The van der Waals surface area contributed by atoms with Crippen LogP contribution >= 0.6 is 0 Å². The van der Waals surface area contributed by atoms with E-state index in [0.717, 1.165) is 24.6 Å². The maximum atomic E-state index is 11.0. The molecular formula is C57H104O27. The largest absolute Gasteiger partial charge is 0.460 e. The van der Waals surface area contributed by atoms with Gasteiger partial charge < -0.3 is 114 Å². The number of rotatable bonds is 73. The van der Waals surface area contributed by atoms with E-state index < -0.39 is 23.3 Å². The van der Waals surface area contributed by atoms with E-state index >= 15 is 0 Å². The van der Waals surface area contributed by atoms with Crippen LogP contribution in [0.2, 0.25) is 0 Å². The summed E-state index contributed by atoms with van der Waals surface area (Å²) in [7, 11) is 0. The molecule has 0 N–H and O–H groups in total. The Bertz CT molecular complexity index is 1270. The van der Waals surface area contributed by atoms with Gasteiger partial charge in [0.1, 0.15) is 19.8 Å². The fraction of sp³-hybridized carbons (Fsp3) is 0.842. The summed E-state index contributed by atoms with van der Waals surface area (Å²) in [6.45, 7) is 30.0. The lowest BCUT2D eigenvalue weighted by Crippen LogP contribution is -2.38. The van der Waals surface area contributed by atoms with E-state index in [0.29, 0.717) is 277 Å². The number of carbonyl (C=O) groups excluding carboxylic acids is 3. The molecule has 0 unspecified atom stereocenters. The van der Waals surface area contributed by atoms with Crippen LogP contribution in [0.25, 0.3) is 0 Å². The topological polar surface area (TPSA) is 273 Å². The molecule has 0 fully saturated rings. The van der Waals surface area contributed by atoms with Crippen LogP contribution in [0.5, 0.6) is 0 Å². The highest BCUT2D eigenvalue weighted by atomic mass is 16.6. The highest BCUT2D eigenvalue weighted by Crippen LogP contribution is 2.24. The molecule has 0 bridgehead atoms. The second kappa shape index (κ2) is 68.9. The number of hydrogen-bond donors (Lipinski definition) is 0. The van der Waals surface area contributed by atoms with Crippen molar-refractivity contribution in [1.82, 2.24) is 0 Å². The molecule has 0 aromatic carbocycles. The third-order valence-corrected chi connectivity index (χ3v) is 10.6. The van der Waals surface area contributed by atoms with E-state index in [4.69, 9.17) is 114 Å². The van der Waals surface area contributed by atoms with Gasteiger partial charge in [-0.25, -0.2) is 14.4 Å². The maximum absolute atomic E-state index is 11.0. The highest BCUT2D eigenvalue weighted by molar-refractivity contribution is 5.81. The molecule has 494 valence electrons. The van der Waals surface area contributed by atoms with Crippen LogP contribution in [-0.2, 0) is 128 Å². The van der Waals surface area contributed by atoms with Crippen molar-refractivity contribution in [3.63, 3.8) is 0 Å². The summed E-state index contributed by atoms with van der Waals surface area (Å²) in [5.74, 6) is -1.43. The van der Waals surface area contributed by atoms with Gasteiger partial charge >= 0.3 is 17.9 Å². The second-order valence-electron chi connectivity index (χ2n) is 17.1. The summed E-state index contributed by atoms with van der Waals surface area (Å²) in [4.78, 5) is 32.9. The molecule has 0 spiro atoms. The highest BCUT2D eigenvalue weighted by Gasteiger charge is 2.30. The summed E-state index contributed by atoms with van der Waals surface area (Å²) in [5, 5.41) is 0. The first-order valence-electron chi connectivity index (χ1n) is 28.9. The molecule has 0 saturated carbocycles. The first-order valence-corrected chi connectivity index (χ1v) is 28.9. The maximum Gasteiger partial charge on any atom is 0.330 e. The molecule has 0 rings (SSSR count). The fourth-order valence-electron chi connectivity index (χ4n) is 6.04. The number of hydrogen-bond acceptors (Lipinski definition) is 27. The summed E-state index contributed by atoms with van der Waals surface area (Å²) in [5.41, 5.74) is -0.405. The van der Waals surface area contributed by atoms with Crippen LogP contribution in [0.1, 0.15) is 13.3 Å². The lowest BCUT2D eigenvalue weighted by Gasteiger charge is -2.32. The molecule has 0 heterocycles. The fourth-order valence-corrected chi connectivity index (χ4v) is 6.04. The molecule has 0 aliphatic heterocycles. The summed E-state index contributed by atoms with van der Waals surface area (Å²) in [6, 6.07) is 0. The van der Waals surface area contributed by atoms with Crippen molar-refractivity contribution < 1.29 is 128 Å². The Morgan fingerprint density at radius 3 is 0.464 bits per heavy atom. The van der Waals surface area contributed by atoms with Gasteiger partial charge in [-0.15, -0.1) is 0 Å². The quantitative estimate of drug-likeness (QED) is 0.0364. The molecule has 0 aromatic heterocycles. The normalized spacial score (nSPS) is 11.5. The third-order valence-electron chi connectivity index (χ3n) is 10.6. The molecule has 27 heteroatoms. The smallest absolute Gasteiger partial charge is 0.330 e. The van der Waals surface area contributed by atoms with Gasteiger partial charge in [-0.1, -0.05) is 26.7 Å². The molecule has 0 aliphatic rings. The Kier molecular flexibility index (Phi) is 66.3. The lowest BCUT2D eigenvalue weighted by molar-refractivity contribution is -0.140. The van der Waals surface area contributed by atoms with Gasteiger partial charge in [-0.2, -0.15) is 0 Å². The third kappa shape index (κ3) is 63.3. The zero-order chi connectivity index (χ0) is 60.9. The van der Waals surface area contributed by atoms with Gasteiger partial charge in [0.15, 0.2) is 0 Å². The number of carbonyl (C=O) groups is 3. The molecule has 0 saturated heterocycles. The Morgan fingerprint density at radius 1 is 0.226 bits per heavy atom. The molecule has 0 aromatic rings. The monoisotopic (exact) mass is 1220 g/mol. The van der Waals surface area contributed by atoms with Crippen LogP contribution in [0, 0.1) is 5.41 Å². The van der Waals surface area contributed by atoms with E-state index in [1.54, 1.807) is 0 Å². The molecular weight excluding hydrogens is 1120 g/mol. The predicted octanol–water partition coefficient (Wildman–Crippen LogP) is 1.92. The van der Waals surface area contributed by atoms with Crippen LogP contribution in [0.3, 0.4) is 0 Å². The van der Waals surface area contributed by atoms with Crippen LogP contribution in [0.4, 0.5) is 0 Å². The second-order valence-corrected chi connectivity index (χ2v) is 17.1. The minimum absolute atomic E-state index is 0.175. The number of esters is 3. The minimum Gasteiger partial charge on any atom is -0.460 e. The van der Waals surface area contributed by atoms with Crippen LogP contribution < -0.4 is 0 Å². The van der Waals surface area contributed by atoms with E-state index in [-0.39, 0.29) is 19.8 Å². The predicted molar refractivity (Wildman–Crippen MR) is 303 cm³/mol. The number of ether oxygens (including phenoxy) is 24. The zero-order valence-electron chi connectivity index (χ0n) is 50.4. The lowest BCUT2D eigenvalue weighted by atomic mass is 9.88. The molecule has 0 aliphatic carbocycles. The SMILES string of the molecule is C=CC(=O)OCCOCCOCCOCCOCCOCCOCCOCC(CC)(COCCOCCOCCOCCOCCOCCOCCOC(=O)C=C)COCCOCCOCCOCCOCCOCCOCCOC(=O)C=C. The van der Waals surface area contributed by atoms with Crippen LogP contribution in [-0.4, -0.2) is 315 Å². The van der Waals surface area contributed by atoms with Gasteiger partial charge in [0, 0.05) is 23.6 Å². The summed E-state index contributed by atoms with van der Waals surface area (Å²) in [6.07, 6.45) is 4.07. The van der Waals surface area contributed by atoms with E-state index in [1.807, 2.05) is 0 Å². The van der Waals surface area contributed by atoms with Gasteiger partial charge in [-0.3, -0.25) is 0 Å². The summed E-state index contributed by atoms with van der Waals surface area (Å²) >= 11 is 0. The average molecular weight is 1220 g/mol. The standard InChI is InChI=1S/C57H104O27/c1-5-54(58)82-48-45-76-36-33-70-24-21-64-12-9-61-15-18-67-27-30-73-39-42-79-51-57(8-4,52-80-43-40-74-31-28-68-19-16-62-10-13-65-22-25-71-34-37-77-46-49-83-55(59)6-2)53-81-44-41-75-32-29-69-20-17-63-11-14-66-23-26-72-35-38-78-47-50-84-56(60)7-3/h5-7H,1-3,8-53H2,4H3. The minimum atomic E-state index is -0.475. The first-order chi connectivity index (χ1) is 41.4. The zero-order valence-corrected chi connectivity index (χ0v) is 50.4. The molecule has 0 amide bonds. The van der Waals surface area contributed by atoms with Crippen molar-refractivity contribution in [2.75, 3.05) is 297 Å². The van der Waals surface area contributed by atoms with E-state index in [2.05, 4.69) is 26.7 Å². The van der Waals surface area contributed by atoms with Gasteiger partial charge in [0.25, 0.3) is 0 Å². The Morgan fingerprint density at radius 2 is 0.345 bits per heavy atom. The van der Waals surface area contributed by atoms with Crippen molar-refractivity contribution in [3.05, 3.63) is 38.0 Å².